The van der Waals surface area contributed by atoms with Gasteiger partial charge in [-0.15, -0.1) is 0 Å². The molecule has 5 heteroatoms. The summed E-state index contributed by atoms with van der Waals surface area (Å²) in [5, 5.41) is 0. The van der Waals surface area contributed by atoms with Gasteiger partial charge in [0.1, 0.15) is 11.9 Å². The summed E-state index contributed by atoms with van der Waals surface area (Å²) < 4.78 is 44.2. The molecule has 19 heavy (non-hydrogen) atoms. The number of rotatable bonds is 3. The molecular weight excluding hydrogens is 255 g/mol. The van der Waals surface area contributed by atoms with Crippen LogP contribution < -0.4 is 10.5 Å². The van der Waals surface area contributed by atoms with Crippen LogP contribution in [0.25, 0.3) is 0 Å². The normalized spacial score (nSPS) is 30.8. The van der Waals surface area contributed by atoms with Gasteiger partial charge in [0.25, 0.3) is 0 Å². The SMILES string of the molecule is CCC1(C)C(N)CC1Oc1ccccc1C(F)(F)F. The van der Waals surface area contributed by atoms with Crippen LogP contribution in [0.3, 0.4) is 0 Å². The molecule has 0 radical (unpaired) electrons. The van der Waals surface area contributed by atoms with Crippen molar-refractivity contribution in [2.24, 2.45) is 11.1 Å². The van der Waals surface area contributed by atoms with Crippen molar-refractivity contribution in [3.05, 3.63) is 29.8 Å². The summed E-state index contributed by atoms with van der Waals surface area (Å²) in [6.45, 7) is 3.94. The van der Waals surface area contributed by atoms with E-state index >= 15 is 0 Å². The van der Waals surface area contributed by atoms with Gasteiger partial charge in [0, 0.05) is 17.9 Å². The molecule has 2 N–H and O–H groups in total. The van der Waals surface area contributed by atoms with Gasteiger partial charge in [-0.25, -0.2) is 0 Å². The van der Waals surface area contributed by atoms with Crippen LogP contribution in [0.4, 0.5) is 13.2 Å². The highest BCUT2D eigenvalue weighted by atomic mass is 19.4. The van der Waals surface area contributed by atoms with Crippen molar-refractivity contribution in [3.8, 4) is 5.75 Å². The molecule has 0 spiro atoms. The molecule has 2 nitrogen and oxygen atoms in total. The molecule has 3 unspecified atom stereocenters. The molecule has 1 aromatic carbocycles. The summed E-state index contributed by atoms with van der Waals surface area (Å²) in [5.74, 6) is -0.105. The van der Waals surface area contributed by atoms with Gasteiger partial charge < -0.3 is 10.5 Å². The summed E-state index contributed by atoms with van der Waals surface area (Å²) in [4.78, 5) is 0. The number of halogens is 3. The first-order valence-corrected chi connectivity index (χ1v) is 6.37. The molecular formula is C14H18F3NO. The van der Waals surface area contributed by atoms with E-state index in [1.165, 1.54) is 12.1 Å². The lowest BCUT2D eigenvalue weighted by Gasteiger charge is -2.51. The van der Waals surface area contributed by atoms with E-state index in [0.717, 1.165) is 12.5 Å². The molecule has 0 bridgehead atoms. The maximum atomic E-state index is 12.9. The second-order valence-corrected chi connectivity index (χ2v) is 5.30. The first-order valence-electron chi connectivity index (χ1n) is 6.37. The van der Waals surface area contributed by atoms with E-state index in [0.29, 0.717) is 6.42 Å². The van der Waals surface area contributed by atoms with Gasteiger partial charge in [-0.1, -0.05) is 26.0 Å². The van der Waals surface area contributed by atoms with Gasteiger partial charge in [-0.3, -0.25) is 0 Å². The van der Waals surface area contributed by atoms with Crippen LogP contribution >= 0.6 is 0 Å². The predicted octanol–water partition coefficient (Wildman–Crippen LogP) is 3.60. The van der Waals surface area contributed by atoms with Crippen LogP contribution in [0.5, 0.6) is 5.75 Å². The van der Waals surface area contributed by atoms with Crippen molar-refractivity contribution in [2.75, 3.05) is 0 Å². The molecule has 3 atom stereocenters. The lowest BCUT2D eigenvalue weighted by atomic mass is 9.62. The number of benzene rings is 1. The molecule has 0 aromatic heterocycles. The molecule has 0 saturated heterocycles. The molecule has 0 amide bonds. The van der Waals surface area contributed by atoms with Crippen LogP contribution in [0, 0.1) is 5.41 Å². The van der Waals surface area contributed by atoms with E-state index in [4.69, 9.17) is 10.5 Å². The maximum absolute atomic E-state index is 12.9. The van der Waals surface area contributed by atoms with Gasteiger partial charge >= 0.3 is 6.18 Å². The van der Waals surface area contributed by atoms with E-state index in [-0.39, 0.29) is 23.3 Å². The summed E-state index contributed by atoms with van der Waals surface area (Å²) in [6.07, 6.45) is -3.27. The predicted molar refractivity (Wildman–Crippen MR) is 66.9 cm³/mol. The van der Waals surface area contributed by atoms with Crippen molar-refractivity contribution in [3.63, 3.8) is 0 Å². The Balaban J connectivity index is 2.22. The van der Waals surface area contributed by atoms with E-state index in [2.05, 4.69) is 0 Å². The Morgan fingerprint density at radius 2 is 2.00 bits per heavy atom. The molecule has 0 aliphatic heterocycles. The van der Waals surface area contributed by atoms with Gasteiger partial charge in [0.15, 0.2) is 0 Å². The van der Waals surface area contributed by atoms with Crippen molar-refractivity contribution in [2.45, 2.75) is 45.0 Å². The molecule has 1 aliphatic carbocycles. The van der Waals surface area contributed by atoms with Crippen molar-refractivity contribution in [1.29, 1.82) is 0 Å². The Morgan fingerprint density at radius 3 is 2.53 bits per heavy atom. The Labute approximate surface area is 110 Å². The first-order chi connectivity index (χ1) is 8.79. The third-order valence-electron chi connectivity index (χ3n) is 4.27. The maximum Gasteiger partial charge on any atom is 0.419 e. The standard InChI is InChI=1S/C14H18F3NO/c1-3-13(2)11(18)8-12(13)19-10-7-5-4-6-9(10)14(15,16)17/h4-7,11-12H,3,8,18H2,1-2H3. The van der Waals surface area contributed by atoms with E-state index < -0.39 is 11.7 Å². The minimum absolute atomic E-state index is 0.0134. The molecule has 1 saturated carbocycles. The number of nitrogens with two attached hydrogens (primary N) is 1. The smallest absolute Gasteiger partial charge is 0.419 e. The summed E-state index contributed by atoms with van der Waals surface area (Å²) >= 11 is 0. The second-order valence-electron chi connectivity index (χ2n) is 5.30. The Morgan fingerprint density at radius 1 is 1.37 bits per heavy atom. The Kier molecular flexibility index (Phi) is 3.51. The fourth-order valence-corrected chi connectivity index (χ4v) is 2.48. The van der Waals surface area contributed by atoms with Crippen molar-refractivity contribution in [1.82, 2.24) is 0 Å². The molecule has 1 fully saturated rings. The number of hydrogen-bond acceptors (Lipinski definition) is 2. The van der Waals surface area contributed by atoms with Crippen LogP contribution in [0.15, 0.2) is 24.3 Å². The topological polar surface area (TPSA) is 35.2 Å². The largest absolute Gasteiger partial charge is 0.489 e. The molecule has 2 rings (SSSR count). The number of alkyl halides is 3. The lowest BCUT2D eigenvalue weighted by molar-refractivity contribution is -0.141. The number of para-hydroxylation sites is 1. The van der Waals surface area contributed by atoms with Crippen molar-refractivity contribution < 1.29 is 17.9 Å². The van der Waals surface area contributed by atoms with E-state index in [9.17, 15) is 13.2 Å². The third-order valence-corrected chi connectivity index (χ3v) is 4.27. The van der Waals surface area contributed by atoms with E-state index in [1.54, 1.807) is 6.07 Å². The quantitative estimate of drug-likeness (QED) is 0.913. The average Bonchev–Trinajstić information content (AvgIpc) is 2.36. The lowest BCUT2D eigenvalue weighted by Crippen LogP contribution is -2.61. The van der Waals surface area contributed by atoms with Crippen LogP contribution in [-0.4, -0.2) is 12.1 Å². The highest BCUT2D eigenvalue weighted by Crippen LogP contribution is 2.46. The van der Waals surface area contributed by atoms with Crippen molar-refractivity contribution >= 4 is 0 Å². The zero-order valence-corrected chi connectivity index (χ0v) is 11.0. The minimum atomic E-state index is -4.40. The van der Waals surface area contributed by atoms with Crippen LogP contribution in [0.1, 0.15) is 32.3 Å². The van der Waals surface area contributed by atoms with Crippen LogP contribution in [0.2, 0.25) is 0 Å². The summed E-state index contributed by atoms with van der Waals surface area (Å²) in [5.41, 5.74) is 4.95. The Bertz CT molecular complexity index is 460. The molecule has 0 heterocycles. The van der Waals surface area contributed by atoms with Gasteiger partial charge in [0.2, 0.25) is 0 Å². The van der Waals surface area contributed by atoms with E-state index in [1.807, 2.05) is 13.8 Å². The first kappa shape index (κ1) is 14.2. The number of ether oxygens (including phenoxy) is 1. The highest BCUT2D eigenvalue weighted by molar-refractivity contribution is 5.36. The van der Waals surface area contributed by atoms with Crippen LogP contribution in [-0.2, 0) is 6.18 Å². The van der Waals surface area contributed by atoms with Gasteiger partial charge in [-0.2, -0.15) is 13.2 Å². The third kappa shape index (κ3) is 2.43. The highest BCUT2D eigenvalue weighted by Gasteiger charge is 2.50. The summed E-state index contributed by atoms with van der Waals surface area (Å²) in [6, 6.07) is 5.30. The fourth-order valence-electron chi connectivity index (χ4n) is 2.48. The van der Waals surface area contributed by atoms with Gasteiger partial charge in [-0.05, 0) is 18.6 Å². The molecule has 106 valence electrons. The zero-order valence-electron chi connectivity index (χ0n) is 11.0. The Hall–Kier alpha value is -1.23. The monoisotopic (exact) mass is 273 g/mol. The summed E-state index contributed by atoms with van der Waals surface area (Å²) in [7, 11) is 0. The minimum Gasteiger partial charge on any atom is -0.489 e. The molecule has 1 aromatic rings. The number of hydrogen-bond donors (Lipinski definition) is 1. The zero-order chi connectivity index (χ0) is 14.3. The average molecular weight is 273 g/mol. The molecule has 1 aliphatic rings. The van der Waals surface area contributed by atoms with Gasteiger partial charge in [0.05, 0.1) is 5.56 Å². The second kappa shape index (κ2) is 4.71. The fraction of sp³-hybridized carbons (Fsp3) is 0.571.